The molecule has 0 saturated heterocycles. The van der Waals surface area contributed by atoms with Crippen LogP contribution in [0.3, 0.4) is 0 Å². The Morgan fingerprint density at radius 2 is 2.18 bits per heavy atom. The van der Waals surface area contributed by atoms with Gasteiger partial charge in [0.1, 0.15) is 0 Å². The summed E-state index contributed by atoms with van der Waals surface area (Å²) in [5, 5.41) is 0. The summed E-state index contributed by atoms with van der Waals surface area (Å²) < 4.78 is 5.20. The topological polar surface area (TPSA) is 26.3 Å². The van der Waals surface area contributed by atoms with Crippen molar-refractivity contribution in [1.29, 1.82) is 0 Å². The Bertz CT molecular complexity index is 331. The average molecular weight is 236 g/mol. The van der Waals surface area contributed by atoms with E-state index in [-0.39, 0.29) is 11.4 Å². The van der Waals surface area contributed by atoms with Gasteiger partial charge in [-0.2, -0.15) is 0 Å². The van der Waals surface area contributed by atoms with Gasteiger partial charge in [-0.05, 0) is 37.5 Å². The van der Waals surface area contributed by atoms with E-state index in [1.807, 2.05) is 0 Å². The van der Waals surface area contributed by atoms with Crippen LogP contribution in [0.5, 0.6) is 0 Å². The highest BCUT2D eigenvalue weighted by Gasteiger charge is 2.23. The van der Waals surface area contributed by atoms with E-state index in [1.54, 1.807) is 6.92 Å². The first-order valence-corrected chi connectivity index (χ1v) is 6.33. The molecule has 0 saturated carbocycles. The lowest BCUT2D eigenvalue weighted by Crippen LogP contribution is -2.20. The van der Waals surface area contributed by atoms with Crippen LogP contribution >= 0.6 is 0 Å². The van der Waals surface area contributed by atoms with Crippen LogP contribution in [0.2, 0.25) is 0 Å². The predicted octanol–water partition coefficient (Wildman–Crippen LogP) is 3.88. The van der Waals surface area contributed by atoms with Crippen LogP contribution in [0.1, 0.15) is 47.0 Å². The maximum Gasteiger partial charge on any atom is 0.333 e. The van der Waals surface area contributed by atoms with Crippen molar-refractivity contribution in [2.75, 3.05) is 6.61 Å². The van der Waals surface area contributed by atoms with Gasteiger partial charge >= 0.3 is 5.97 Å². The van der Waals surface area contributed by atoms with Gasteiger partial charge in [-0.1, -0.05) is 39.0 Å². The average Bonchev–Trinajstić information content (AvgIpc) is 2.25. The van der Waals surface area contributed by atoms with Crippen LogP contribution in [0.15, 0.2) is 23.8 Å². The molecular formula is C15H24O2. The van der Waals surface area contributed by atoms with Crippen molar-refractivity contribution in [1.82, 2.24) is 0 Å². The Hall–Kier alpha value is -1.05. The van der Waals surface area contributed by atoms with Crippen LogP contribution in [-0.2, 0) is 9.53 Å². The second-order valence-electron chi connectivity index (χ2n) is 6.00. The molecule has 17 heavy (non-hydrogen) atoms. The van der Waals surface area contributed by atoms with Crippen LogP contribution in [0.25, 0.3) is 0 Å². The number of carbonyl (C=O) groups excluding carboxylic acids is 1. The van der Waals surface area contributed by atoms with Crippen molar-refractivity contribution in [3.63, 3.8) is 0 Å². The highest BCUT2D eigenvalue weighted by molar-refractivity contribution is 5.86. The van der Waals surface area contributed by atoms with Gasteiger partial charge in [0.25, 0.3) is 0 Å². The zero-order valence-corrected chi connectivity index (χ0v) is 11.5. The van der Waals surface area contributed by atoms with Gasteiger partial charge < -0.3 is 4.74 Å². The standard InChI is InChI=1S/C15H24O2/c1-11(2)14(16)17-10-12-6-8-13(9-7-12)15(3,4)5/h8,12H,1,6-7,9-10H2,2-5H3. The third kappa shape index (κ3) is 4.37. The highest BCUT2D eigenvalue weighted by atomic mass is 16.5. The molecule has 0 spiro atoms. The van der Waals surface area contributed by atoms with Crippen LogP contribution in [0, 0.1) is 11.3 Å². The van der Waals surface area contributed by atoms with Gasteiger partial charge in [-0.15, -0.1) is 0 Å². The van der Waals surface area contributed by atoms with Gasteiger partial charge in [0, 0.05) is 5.57 Å². The number of allylic oxidation sites excluding steroid dienone is 2. The zero-order chi connectivity index (χ0) is 13.1. The molecule has 1 aliphatic carbocycles. The molecule has 0 bridgehead atoms. The van der Waals surface area contributed by atoms with E-state index >= 15 is 0 Å². The van der Waals surface area contributed by atoms with E-state index in [0.29, 0.717) is 18.1 Å². The molecule has 0 fully saturated rings. The fourth-order valence-electron chi connectivity index (χ4n) is 2.04. The van der Waals surface area contributed by atoms with Gasteiger partial charge in [-0.25, -0.2) is 4.79 Å². The molecule has 1 aliphatic rings. The SMILES string of the molecule is C=C(C)C(=O)OCC1CC=C(C(C)(C)C)CC1. The Balaban J connectivity index is 2.40. The molecule has 0 aromatic rings. The molecule has 96 valence electrons. The lowest BCUT2D eigenvalue weighted by molar-refractivity contribution is -0.140. The lowest BCUT2D eigenvalue weighted by atomic mass is 9.77. The van der Waals surface area contributed by atoms with E-state index in [4.69, 9.17) is 4.74 Å². The molecule has 2 nitrogen and oxygen atoms in total. The van der Waals surface area contributed by atoms with Crippen LogP contribution in [-0.4, -0.2) is 12.6 Å². The van der Waals surface area contributed by atoms with Crippen LogP contribution in [0.4, 0.5) is 0 Å². The van der Waals surface area contributed by atoms with E-state index < -0.39 is 0 Å². The second-order valence-corrected chi connectivity index (χ2v) is 6.00. The Kier molecular flexibility index (Phi) is 4.55. The molecule has 0 aromatic heterocycles. The predicted molar refractivity (Wildman–Crippen MR) is 70.7 cm³/mol. The largest absolute Gasteiger partial charge is 0.462 e. The maximum absolute atomic E-state index is 11.3. The monoisotopic (exact) mass is 236 g/mol. The number of ether oxygens (including phenoxy) is 1. The summed E-state index contributed by atoms with van der Waals surface area (Å²) in [5.41, 5.74) is 2.28. The molecule has 0 heterocycles. The van der Waals surface area contributed by atoms with Crippen molar-refractivity contribution >= 4 is 5.97 Å². The summed E-state index contributed by atoms with van der Waals surface area (Å²) in [7, 11) is 0. The molecule has 1 unspecified atom stereocenters. The number of esters is 1. The summed E-state index contributed by atoms with van der Waals surface area (Å²) in [6.07, 6.45) is 5.59. The molecule has 0 N–H and O–H groups in total. The quantitative estimate of drug-likeness (QED) is 0.422. The minimum atomic E-state index is -0.268. The van der Waals surface area contributed by atoms with E-state index in [1.165, 1.54) is 5.57 Å². The minimum absolute atomic E-state index is 0.268. The van der Waals surface area contributed by atoms with E-state index in [9.17, 15) is 4.79 Å². The molecular weight excluding hydrogens is 212 g/mol. The fourth-order valence-corrected chi connectivity index (χ4v) is 2.04. The minimum Gasteiger partial charge on any atom is -0.462 e. The molecule has 0 amide bonds. The summed E-state index contributed by atoms with van der Waals surface area (Å²) in [5.74, 6) is 0.208. The Morgan fingerprint density at radius 3 is 2.59 bits per heavy atom. The summed E-state index contributed by atoms with van der Waals surface area (Å²) in [4.78, 5) is 11.3. The smallest absolute Gasteiger partial charge is 0.333 e. The van der Waals surface area contributed by atoms with Crippen LogP contribution < -0.4 is 0 Å². The summed E-state index contributed by atoms with van der Waals surface area (Å²) in [6, 6.07) is 0. The first-order valence-electron chi connectivity index (χ1n) is 6.33. The molecule has 0 aromatic carbocycles. The van der Waals surface area contributed by atoms with Gasteiger partial charge in [0.15, 0.2) is 0 Å². The summed E-state index contributed by atoms with van der Waals surface area (Å²) in [6.45, 7) is 12.5. The zero-order valence-electron chi connectivity index (χ0n) is 11.5. The normalized spacial score (nSPS) is 20.7. The second kappa shape index (κ2) is 5.52. The van der Waals surface area contributed by atoms with Crippen molar-refractivity contribution < 1.29 is 9.53 Å². The molecule has 2 heteroatoms. The number of carbonyl (C=O) groups is 1. The fraction of sp³-hybridized carbons (Fsp3) is 0.667. The molecule has 0 radical (unpaired) electrons. The number of rotatable bonds is 3. The highest BCUT2D eigenvalue weighted by Crippen LogP contribution is 2.35. The maximum atomic E-state index is 11.3. The van der Waals surface area contributed by atoms with Gasteiger partial charge in [0.05, 0.1) is 6.61 Å². The Labute approximate surface area is 105 Å². The lowest BCUT2D eigenvalue weighted by Gasteiger charge is -2.29. The van der Waals surface area contributed by atoms with E-state index in [2.05, 4.69) is 33.4 Å². The first kappa shape index (κ1) is 14.0. The third-order valence-corrected chi connectivity index (χ3v) is 3.28. The van der Waals surface area contributed by atoms with Crippen molar-refractivity contribution in [2.45, 2.75) is 47.0 Å². The van der Waals surface area contributed by atoms with Crippen molar-refractivity contribution in [3.05, 3.63) is 23.8 Å². The number of hydrogen-bond acceptors (Lipinski definition) is 2. The van der Waals surface area contributed by atoms with E-state index in [0.717, 1.165) is 19.3 Å². The third-order valence-electron chi connectivity index (χ3n) is 3.28. The first-order chi connectivity index (χ1) is 7.80. The van der Waals surface area contributed by atoms with Gasteiger partial charge in [0.2, 0.25) is 0 Å². The van der Waals surface area contributed by atoms with Crippen molar-refractivity contribution in [2.24, 2.45) is 11.3 Å². The summed E-state index contributed by atoms with van der Waals surface area (Å²) >= 11 is 0. The molecule has 1 atom stereocenters. The van der Waals surface area contributed by atoms with Crippen molar-refractivity contribution in [3.8, 4) is 0 Å². The molecule has 1 rings (SSSR count). The number of hydrogen-bond donors (Lipinski definition) is 0. The molecule has 0 aliphatic heterocycles. The van der Waals surface area contributed by atoms with Gasteiger partial charge in [-0.3, -0.25) is 0 Å². The Morgan fingerprint density at radius 1 is 1.53 bits per heavy atom.